The molecule has 1 fully saturated rings. The van der Waals surface area contributed by atoms with Crippen LogP contribution in [0.25, 0.3) is 0 Å². The number of carbonyl (C=O) groups is 2. The maximum Gasteiger partial charge on any atom is 0.257 e. The van der Waals surface area contributed by atoms with E-state index in [1.54, 1.807) is 19.2 Å². The highest BCUT2D eigenvalue weighted by Crippen LogP contribution is 2.21. The molecule has 1 aliphatic rings. The van der Waals surface area contributed by atoms with Gasteiger partial charge < -0.3 is 10.2 Å². The molecule has 1 saturated heterocycles. The highest BCUT2D eigenvalue weighted by atomic mass is 19.1. The molecule has 102 valence electrons. The summed E-state index contributed by atoms with van der Waals surface area (Å²) in [6.07, 6.45) is 2.37. The van der Waals surface area contributed by atoms with Crippen molar-refractivity contribution in [3.05, 3.63) is 35.6 Å². The van der Waals surface area contributed by atoms with Gasteiger partial charge in [-0.2, -0.15) is 0 Å². The summed E-state index contributed by atoms with van der Waals surface area (Å²) in [5.74, 6) is -1.15. The molecule has 0 radical (unpaired) electrons. The zero-order valence-electron chi connectivity index (χ0n) is 10.9. The normalized spacial score (nSPS) is 19.1. The Kier molecular flexibility index (Phi) is 4.14. The zero-order valence-corrected chi connectivity index (χ0v) is 10.9. The lowest BCUT2D eigenvalue weighted by atomic mass is 10.00. The van der Waals surface area contributed by atoms with Gasteiger partial charge in [-0.25, -0.2) is 4.39 Å². The summed E-state index contributed by atoms with van der Waals surface area (Å²) in [6, 6.07) is 5.37. The molecule has 0 bridgehead atoms. The van der Waals surface area contributed by atoms with Gasteiger partial charge in [0.25, 0.3) is 5.91 Å². The van der Waals surface area contributed by atoms with Crippen LogP contribution in [-0.4, -0.2) is 36.3 Å². The molecule has 1 unspecified atom stereocenters. The number of hydrogen-bond acceptors (Lipinski definition) is 2. The Hall–Kier alpha value is -1.91. The molecule has 1 aliphatic heterocycles. The summed E-state index contributed by atoms with van der Waals surface area (Å²) < 4.78 is 13.7. The second-order valence-corrected chi connectivity index (χ2v) is 4.60. The molecule has 0 saturated carbocycles. The highest BCUT2D eigenvalue weighted by molar-refractivity contribution is 5.97. The second kappa shape index (κ2) is 5.82. The number of likely N-dealkylation sites (N-methyl/N-ethyl adjacent to an activating group) is 1. The first-order chi connectivity index (χ1) is 9.15. The van der Waals surface area contributed by atoms with Crippen molar-refractivity contribution in [1.29, 1.82) is 0 Å². The Balaban J connectivity index is 2.25. The van der Waals surface area contributed by atoms with Gasteiger partial charge in [-0.3, -0.25) is 9.59 Å². The third-order valence-corrected chi connectivity index (χ3v) is 3.42. The molecule has 1 aromatic rings. The van der Waals surface area contributed by atoms with Crippen LogP contribution >= 0.6 is 0 Å². The van der Waals surface area contributed by atoms with E-state index in [1.165, 1.54) is 17.0 Å². The Labute approximate surface area is 111 Å². The number of amides is 2. The van der Waals surface area contributed by atoms with Crippen molar-refractivity contribution >= 4 is 11.8 Å². The molecule has 1 heterocycles. The van der Waals surface area contributed by atoms with Gasteiger partial charge in [0, 0.05) is 13.6 Å². The average Bonchev–Trinajstić information content (AvgIpc) is 2.46. The van der Waals surface area contributed by atoms with Crippen molar-refractivity contribution in [3.63, 3.8) is 0 Å². The van der Waals surface area contributed by atoms with Gasteiger partial charge in [-0.15, -0.1) is 0 Å². The van der Waals surface area contributed by atoms with E-state index < -0.39 is 17.8 Å². The molecule has 1 aromatic carbocycles. The summed E-state index contributed by atoms with van der Waals surface area (Å²) in [4.78, 5) is 25.6. The minimum absolute atomic E-state index is 0.0262. The van der Waals surface area contributed by atoms with Crippen molar-refractivity contribution < 1.29 is 14.0 Å². The van der Waals surface area contributed by atoms with E-state index in [0.717, 1.165) is 12.8 Å². The van der Waals surface area contributed by atoms with Crippen LogP contribution in [0.5, 0.6) is 0 Å². The molecule has 2 amide bonds. The van der Waals surface area contributed by atoms with E-state index >= 15 is 0 Å². The molecule has 0 aromatic heterocycles. The summed E-state index contributed by atoms with van der Waals surface area (Å²) in [5, 5.41) is 2.56. The van der Waals surface area contributed by atoms with Crippen LogP contribution in [0, 0.1) is 5.82 Å². The van der Waals surface area contributed by atoms with Gasteiger partial charge in [-0.05, 0) is 31.4 Å². The fraction of sp³-hybridized carbons (Fsp3) is 0.429. The van der Waals surface area contributed by atoms with Crippen molar-refractivity contribution in [1.82, 2.24) is 10.2 Å². The molecule has 2 rings (SSSR count). The number of benzene rings is 1. The Morgan fingerprint density at radius 2 is 2.05 bits per heavy atom. The van der Waals surface area contributed by atoms with Crippen molar-refractivity contribution in [2.75, 3.05) is 13.6 Å². The molecule has 1 N–H and O–H groups in total. The maximum absolute atomic E-state index is 13.7. The SMILES string of the molecule is CNC(=O)C1CCCCN1C(=O)c1ccccc1F. The van der Waals surface area contributed by atoms with Gasteiger partial charge in [0.15, 0.2) is 0 Å². The van der Waals surface area contributed by atoms with Crippen LogP contribution in [-0.2, 0) is 4.79 Å². The Bertz CT molecular complexity index is 490. The van der Waals surface area contributed by atoms with E-state index in [1.807, 2.05) is 0 Å². The lowest BCUT2D eigenvalue weighted by Gasteiger charge is -2.34. The predicted octanol–water partition coefficient (Wildman–Crippen LogP) is 1.57. The molecule has 0 aliphatic carbocycles. The monoisotopic (exact) mass is 264 g/mol. The Morgan fingerprint density at radius 3 is 2.74 bits per heavy atom. The topological polar surface area (TPSA) is 49.4 Å². The van der Waals surface area contributed by atoms with Crippen LogP contribution in [0.1, 0.15) is 29.6 Å². The van der Waals surface area contributed by atoms with Crippen LogP contribution in [0.2, 0.25) is 0 Å². The number of likely N-dealkylation sites (tertiary alicyclic amines) is 1. The number of carbonyl (C=O) groups excluding carboxylic acids is 2. The second-order valence-electron chi connectivity index (χ2n) is 4.60. The van der Waals surface area contributed by atoms with Crippen LogP contribution in [0.3, 0.4) is 0 Å². The molecular weight excluding hydrogens is 247 g/mol. The first-order valence-electron chi connectivity index (χ1n) is 6.42. The van der Waals surface area contributed by atoms with Gasteiger partial charge >= 0.3 is 0 Å². The minimum atomic E-state index is -0.547. The van der Waals surface area contributed by atoms with Crippen LogP contribution in [0.15, 0.2) is 24.3 Å². The van der Waals surface area contributed by atoms with Gasteiger partial charge in [0.1, 0.15) is 11.9 Å². The smallest absolute Gasteiger partial charge is 0.257 e. The average molecular weight is 264 g/mol. The third-order valence-electron chi connectivity index (χ3n) is 3.42. The summed E-state index contributed by atoms with van der Waals surface area (Å²) in [6.45, 7) is 0.491. The number of halogens is 1. The lowest BCUT2D eigenvalue weighted by molar-refractivity contribution is -0.126. The fourth-order valence-corrected chi connectivity index (χ4v) is 2.40. The fourth-order valence-electron chi connectivity index (χ4n) is 2.40. The first kappa shape index (κ1) is 13.5. The van der Waals surface area contributed by atoms with E-state index in [2.05, 4.69) is 5.32 Å². The summed E-state index contributed by atoms with van der Waals surface area (Å²) in [7, 11) is 1.54. The molecular formula is C14H17FN2O2. The zero-order chi connectivity index (χ0) is 13.8. The predicted molar refractivity (Wildman–Crippen MR) is 69.1 cm³/mol. The van der Waals surface area contributed by atoms with Crippen molar-refractivity contribution in [3.8, 4) is 0 Å². The van der Waals surface area contributed by atoms with Gasteiger partial charge in [0.05, 0.1) is 5.56 Å². The van der Waals surface area contributed by atoms with E-state index in [9.17, 15) is 14.0 Å². The number of nitrogens with zero attached hydrogens (tertiary/aromatic N) is 1. The summed E-state index contributed by atoms with van der Waals surface area (Å²) >= 11 is 0. The van der Waals surface area contributed by atoms with Crippen LogP contribution < -0.4 is 5.32 Å². The lowest BCUT2D eigenvalue weighted by Crippen LogP contribution is -2.51. The number of hydrogen-bond donors (Lipinski definition) is 1. The molecule has 5 heteroatoms. The van der Waals surface area contributed by atoms with E-state index in [0.29, 0.717) is 13.0 Å². The molecule has 19 heavy (non-hydrogen) atoms. The number of nitrogens with one attached hydrogen (secondary N) is 1. The number of piperidine rings is 1. The van der Waals surface area contributed by atoms with Crippen LogP contribution in [0.4, 0.5) is 4.39 Å². The van der Waals surface area contributed by atoms with Gasteiger partial charge in [0.2, 0.25) is 5.91 Å². The molecule has 0 spiro atoms. The van der Waals surface area contributed by atoms with E-state index in [-0.39, 0.29) is 11.5 Å². The standard InChI is InChI=1S/C14H17FN2O2/c1-16-13(18)12-8-4-5-9-17(12)14(19)10-6-2-3-7-11(10)15/h2-3,6-7,12H,4-5,8-9H2,1H3,(H,16,18). The minimum Gasteiger partial charge on any atom is -0.357 e. The van der Waals surface area contributed by atoms with Crippen molar-refractivity contribution in [2.45, 2.75) is 25.3 Å². The number of rotatable bonds is 2. The van der Waals surface area contributed by atoms with Crippen molar-refractivity contribution in [2.24, 2.45) is 0 Å². The largest absolute Gasteiger partial charge is 0.357 e. The third kappa shape index (κ3) is 2.75. The quantitative estimate of drug-likeness (QED) is 0.881. The summed E-state index contributed by atoms with van der Waals surface area (Å²) in [5.41, 5.74) is 0.0262. The highest BCUT2D eigenvalue weighted by Gasteiger charge is 2.32. The molecule has 4 nitrogen and oxygen atoms in total. The van der Waals surface area contributed by atoms with E-state index in [4.69, 9.17) is 0 Å². The Morgan fingerprint density at radius 1 is 1.32 bits per heavy atom. The first-order valence-corrected chi connectivity index (χ1v) is 6.42. The molecule has 1 atom stereocenters. The maximum atomic E-state index is 13.7. The van der Waals surface area contributed by atoms with Gasteiger partial charge in [-0.1, -0.05) is 12.1 Å².